The minimum Gasteiger partial charge on any atom is -0.324 e. The molecule has 1 aromatic carbocycles. The van der Waals surface area contributed by atoms with Crippen molar-refractivity contribution in [2.45, 2.75) is 18.6 Å². The monoisotopic (exact) mass is 255 g/mol. The van der Waals surface area contributed by atoms with E-state index in [9.17, 15) is 17.6 Å². The van der Waals surface area contributed by atoms with E-state index >= 15 is 0 Å². The molecule has 1 rings (SSSR count). The highest BCUT2D eigenvalue weighted by Crippen LogP contribution is 2.33. The maximum Gasteiger partial charge on any atom is 0.416 e. The third kappa shape index (κ3) is 3.35. The summed E-state index contributed by atoms with van der Waals surface area (Å²) in [7, 11) is 0. The van der Waals surface area contributed by atoms with Crippen molar-refractivity contribution in [3.8, 4) is 0 Å². The van der Waals surface area contributed by atoms with Gasteiger partial charge in [-0.05, 0) is 30.2 Å². The molecule has 0 amide bonds. The van der Waals surface area contributed by atoms with Crippen molar-refractivity contribution in [3.05, 3.63) is 34.3 Å². The van der Waals surface area contributed by atoms with Crippen molar-refractivity contribution in [2.75, 3.05) is 6.67 Å². The Morgan fingerprint density at radius 2 is 1.88 bits per heavy atom. The van der Waals surface area contributed by atoms with Crippen LogP contribution in [0.5, 0.6) is 0 Å². The molecule has 0 bridgehead atoms. The van der Waals surface area contributed by atoms with Crippen molar-refractivity contribution in [3.63, 3.8) is 0 Å². The average molecular weight is 256 g/mol. The van der Waals surface area contributed by atoms with Crippen molar-refractivity contribution in [1.82, 2.24) is 0 Å². The van der Waals surface area contributed by atoms with Gasteiger partial charge in [0.2, 0.25) is 0 Å². The lowest BCUT2D eigenvalue weighted by Gasteiger charge is -2.14. The standard InChI is InChI=1S/C10H10ClF4N/c11-8-4-6(9(16)1-2-12)3-7(5-8)10(13,14)15/h3-5,9H,1-2,16H2/t9-/m1/s1. The van der Waals surface area contributed by atoms with E-state index in [1.165, 1.54) is 6.07 Å². The zero-order valence-corrected chi connectivity index (χ0v) is 8.95. The van der Waals surface area contributed by atoms with E-state index in [0.717, 1.165) is 12.1 Å². The molecule has 0 aliphatic carbocycles. The quantitative estimate of drug-likeness (QED) is 0.819. The van der Waals surface area contributed by atoms with Gasteiger partial charge in [0.15, 0.2) is 0 Å². The van der Waals surface area contributed by atoms with E-state index in [4.69, 9.17) is 17.3 Å². The molecule has 0 spiro atoms. The van der Waals surface area contributed by atoms with Crippen LogP contribution in [0.3, 0.4) is 0 Å². The van der Waals surface area contributed by atoms with Gasteiger partial charge in [-0.2, -0.15) is 13.2 Å². The Kier molecular flexibility index (Phi) is 4.15. The number of benzene rings is 1. The molecule has 0 aromatic heterocycles. The number of rotatable bonds is 3. The molecule has 0 saturated carbocycles. The van der Waals surface area contributed by atoms with Gasteiger partial charge >= 0.3 is 6.18 Å². The van der Waals surface area contributed by atoms with Crippen LogP contribution in [0.15, 0.2) is 18.2 Å². The fourth-order valence-corrected chi connectivity index (χ4v) is 1.52. The van der Waals surface area contributed by atoms with Crippen molar-refractivity contribution >= 4 is 11.6 Å². The number of halogens is 5. The fraction of sp³-hybridized carbons (Fsp3) is 0.400. The van der Waals surface area contributed by atoms with E-state index in [1.807, 2.05) is 0 Å². The molecule has 2 N–H and O–H groups in total. The van der Waals surface area contributed by atoms with E-state index in [1.54, 1.807) is 0 Å². The first-order valence-electron chi connectivity index (χ1n) is 4.54. The van der Waals surface area contributed by atoms with Crippen LogP contribution in [0.2, 0.25) is 5.02 Å². The molecule has 1 aromatic rings. The maximum absolute atomic E-state index is 12.4. The molecule has 0 heterocycles. The third-order valence-electron chi connectivity index (χ3n) is 2.10. The molecular formula is C10H10ClF4N. The second-order valence-electron chi connectivity index (χ2n) is 3.36. The topological polar surface area (TPSA) is 26.0 Å². The van der Waals surface area contributed by atoms with Gasteiger partial charge in [-0.15, -0.1) is 0 Å². The Hall–Kier alpha value is -0.810. The van der Waals surface area contributed by atoms with Gasteiger partial charge in [-0.1, -0.05) is 11.6 Å². The van der Waals surface area contributed by atoms with E-state index in [0.29, 0.717) is 0 Å². The minimum atomic E-state index is -4.48. The number of hydrogen-bond donors (Lipinski definition) is 1. The van der Waals surface area contributed by atoms with Crippen LogP contribution >= 0.6 is 11.6 Å². The van der Waals surface area contributed by atoms with E-state index in [2.05, 4.69) is 0 Å². The molecular weight excluding hydrogens is 246 g/mol. The van der Waals surface area contributed by atoms with Crippen LogP contribution < -0.4 is 5.73 Å². The summed E-state index contributed by atoms with van der Waals surface area (Å²) in [5.41, 5.74) is 4.84. The highest BCUT2D eigenvalue weighted by Gasteiger charge is 2.31. The summed E-state index contributed by atoms with van der Waals surface area (Å²) in [5, 5.41) is -0.0564. The van der Waals surface area contributed by atoms with Crippen LogP contribution in [0.4, 0.5) is 17.6 Å². The SMILES string of the molecule is N[C@H](CCF)c1cc(Cl)cc(C(F)(F)F)c1. The Labute approximate surface area is 95.2 Å². The summed E-state index contributed by atoms with van der Waals surface area (Å²) in [6, 6.07) is 2.25. The molecule has 0 aliphatic rings. The summed E-state index contributed by atoms with van der Waals surface area (Å²) >= 11 is 5.55. The van der Waals surface area contributed by atoms with Crippen LogP contribution in [0.1, 0.15) is 23.6 Å². The smallest absolute Gasteiger partial charge is 0.324 e. The molecule has 6 heteroatoms. The largest absolute Gasteiger partial charge is 0.416 e. The predicted octanol–water partition coefficient (Wildman–Crippen LogP) is 3.72. The highest BCUT2D eigenvalue weighted by molar-refractivity contribution is 6.30. The Bertz CT molecular complexity index is 364. The first-order valence-corrected chi connectivity index (χ1v) is 4.91. The van der Waals surface area contributed by atoms with Gasteiger partial charge in [0.25, 0.3) is 0 Å². The second-order valence-corrected chi connectivity index (χ2v) is 3.79. The Morgan fingerprint density at radius 1 is 1.25 bits per heavy atom. The summed E-state index contributed by atoms with van der Waals surface area (Å²) in [5.74, 6) is 0. The zero-order valence-electron chi connectivity index (χ0n) is 8.19. The van der Waals surface area contributed by atoms with E-state index in [-0.39, 0.29) is 17.0 Å². The summed E-state index contributed by atoms with van der Waals surface area (Å²) in [6.07, 6.45) is -4.51. The van der Waals surface area contributed by atoms with Crippen LogP contribution in [0, 0.1) is 0 Å². The molecule has 0 saturated heterocycles. The first kappa shape index (κ1) is 13.3. The van der Waals surface area contributed by atoms with Gasteiger partial charge in [0.05, 0.1) is 12.2 Å². The first-order chi connectivity index (χ1) is 7.34. The van der Waals surface area contributed by atoms with E-state index < -0.39 is 24.5 Å². The molecule has 0 aliphatic heterocycles. The lowest BCUT2D eigenvalue weighted by atomic mass is 10.0. The lowest BCUT2D eigenvalue weighted by molar-refractivity contribution is -0.137. The zero-order chi connectivity index (χ0) is 12.3. The van der Waals surface area contributed by atoms with Gasteiger partial charge in [0.1, 0.15) is 0 Å². The van der Waals surface area contributed by atoms with Crippen molar-refractivity contribution in [2.24, 2.45) is 5.73 Å². The summed E-state index contributed by atoms with van der Waals surface area (Å²) in [6.45, 7) is -0.685. The Morgan fingerprint density at radius 3 is 2.38 bits per heavy atom. The lowest BCUT2D eigenvalue weighted by Crippen LogP contribution is -2.13. The fourth-order valence-electron chi connectivity index (χ4n) is 1.27. The number of hydrogen-bond acceptors (Lipinski definition) is 1. The van der Waals surface area contributed by atoms with Gasteiger partial charge in [-0.3, -0.25) is 4.39 Å². The third-order valence-corrected chi connectivity index (χ3v) is 2.31. The normalized spacial score (nSPS) is 13.9. The summed E-state index contributed by atoms with van der Waals surface area (Å²) in [4.78, 5) is 0. The van der Waals surface area contributed by atoms with Gasteiger partial charge < -0.3 is 5.73 Å². The number of nitrogens with two attached hydrogens (primary N) is 1. The molecule has 0 fully saturated rings. The van der Waals surface area contributed by atoms with Gasteiger partial charge in [0, 0.05) is 11.1 Å². The second kappa shape index (κ2) is 5.01. The Balaban J connectivity index is 3.08. The van der Waals surface area contributed by atoms with Crippen molar-refractivity contribution < 1.29 is 17.6 Å². The molecule has 16 heavy (non-hydrogen) atoms. The molecule has 0 radical (unpaired) electrons. The summed E-state index contributed by atoms with van der Waals surface area (Å²) < 4.78 is 49.3. The maximum atomic E-state index is 12.4. The predicted molar refractivity (Wildman–Crippen MR) is 54.0 cm³/mol. The van der Waals surface area contributed by atoms with Crippen molar-refractivity contribution in [1.29, 1.82) is 0 Å². The molecule has 90 valence electrons. The van der Waals surface area contributed by atoms with Gasteiger partial charge in [-0.25, -0.2) is 0 Å². The molecule has 0 unspecified atom stereocenters. The van der Waals surface area contributed by atoms with Crippen LogP contribution in [-0.2, 0) is 6.18 Å². The van der Waals surface area contributed by atoms with Crippen LogP contribution in [-0.4, -0.2) is 6.67 Å². The van der Waals surface area contributed by atoms with Crippen LogP contribution in [0.25, 0.3) is 0 Å². The minimum absolute atomic E-state index is 0.0301. The molecule has 1 nitrogen and oxygen atoms in total. The highest BCUT2D eigenvalue weighted by atomic mass is 35.5. The number of alkyl halides is 4. The molecule has 1 atom stereocenters. The average Bonchev–Trinajstić information content (AvgIpc) is 2.16.